The number of likely N-dealkylation sites (tertiary alicyclic amines) is 1. The summed E-state index contributed by atoms with van der Waals surface area (Å²) in [5.41, 5.74) is 3.35. The van der Waals surface area contributed by atoms with Gasteiger partial charge in [-0.05, 0) is 86.8 Å². The van der Waals surface area contributed by atoms with Gasteiger partial charge in [-0.15, -0.1) is 0 Å². The van der Waals surface area contributed by atoms with Crippen molar-refractivity contribution in [3.05, 3.63) is 94.8 Å². The zero-order valence-electron chi connectivity index (χ0n) is 21.1. The first-order valence-corrected chi connectivity index (χ1v) is 13.3. The van der Waals surface area contributed by atoms with Crippen LogP contribution in [-0.4, -0.2) is 46.2 Å². The lowest BCUT2D eigenvalue weighted by atomic mass is 10.1. The number of benzene rings is 2. The highest BCUT2D eigenvalue weighted by Crippen LogP contribution is 2.41. The van der Waals surface area contributed by atoms with Crippen LogP contribution in [0.3, 0.4) is 0 Å². The maximum absolute atomic E-state index is 13.4. The van der Waals surface area contributed by atoms with E-state index in [1.807, 2.05) is 55.5 Å². The van der Waals surface area contributed by atoms with Gasteiger partial charge in [-0.2, -0.15) is 0 Å². The molecule has 0 spiro atoms. The van der Waals surface area contributed by atoms with Crippen LogP contribution in [0, 0.1) is 6.92 Å². The number of nitrogens with zero attached hydrogens (tertiary/aromatic N) is 3. The molecule has 0 radical (unpaired) electrons. The molecule has 1 saturated heterocycles. The van der Waals surface area contributed by atoms with Crippen molar-refractivity contribution in [2.45, 2.75) is 37.6 Å². The van der Waals surface area contributed by atoms with Crippen molar-refractivity contribution in [3.8, 4) is 0 Å². The summed E-state index contributed by atoms with van der Waals surface area (Å²) in [5.74, 6) is -0.245. The van der Waals surface area contributed by atoms with E-state index < -0.39 is 11.9 Å². The van der Waals surface area contributed by atoms with Gasteiger partial charge in [0, 0.05) is 29.7 Å². The second-order valence-electron chi connectivity index (χ2n) is 9.30. The fourth-order valence-electron chi connectivity index (χ4n) is 4.61. The van der Waals surface area contributed by atoms with E-state index in [4.69, 9.17) is 4.74 Å². The van der Waals surface area contributed by atoms with Gasteiger partial charge in [0.2, 0.25) is 0 Å². The smallest absolute Gasteiger partial charge is 0.343 e. The number of aryl methyl sites for hydroxylation is 1. The normalized spacial score (nSPS) is 15.8. The van der Waals surface area contributed by atoms with Gasteiger partial charge in [-0.1, -0.05) is 36.8 Å². The zero-order chi connectivity index (χ0) is 25.8. The number of carbonyl (C=O) groups is 2. The van der Waals surface area contributed by atoms with Crippen molar-refractivity contribution < 1.29 is 14.3 Å². The summed E-state index contributed by atoms with van der Waals surface area (Å²) >= 11 is 1.41. The van der Waals surface area contributed by atoms with Crippen molar-refractivity contribution in [2.24, 2.45) is 0 Å². The highest BCUT2D eigenvalue weighted by molar-refractivity contribution is 7.97. The van der Waals surface area contributed by atoms with Crippen LogP contribution < -0.4 is 5.32 Å². The first-order chi connectivity index (χ1) is 18.0. The van der Waals surface area contributed by atoms with Gasteiger partial charge < -0.3 is 14.4 Å². The van der Waals surface area contributed by atoms with Gasteiger partial charge in [0.1, 0.15) is 5.82 Å². The molecular weight excluding hydrogens is 484 g/mol. The molecule has 1 N–H and O–H groups in total. The molecule has 1 aromatic heterocycles. The predicted octanol–water partition coefficient (Wildman–Crippen LogP) is 5.49. The Morgan fingerprint density at radius 2 is 1.73 bits per heavy atom. The van der Waals surface area contributed by atoms with Gasteiger partial charge in [0.05, 0.1) is 5.56 Å². The molecule has 1 fully saturated rings. The minimum absolute atomic E-state index is 0.226. The lowest BCUT2D eigenvalue weighted by molar-refractivity contribution is -0.113. The summed E-state index contributed by atoms with van der Waals surface area (Å²) in [7, 11) is 1.78. The summed E-state index contributed by atoms with van der Waals surface area (Å²) in [5, 5.41) is 2.84. The van der Waals surface area contributed by atoms with Crippen molar-refractivity contribution in [3.63, 3.8) is 0 Å². The van der Waals surface area contributed by atoms with E-state index in [0.717, 1.165) is 30.2 Å². The summed E-state index contributed by atoms with van der Waals surface area (Å²) < 4.78 is 7.67. The number of pyridine rings is 1. The van der Waals surface area contributed by atoms with Crippen LogP contribution in [0.5, 0.6) is 0 Å². The lowest BCUT2D eigenvalue weighted by Crippen LogP contribution is -2.29. The summed E-state index contributed by atoms with van der Waals surface area (Å²) in [6.07, 6.45) is 3.78. The van der Waals surface area contributed by atoms with Gasteiger partial charge in [0.15, 0.2) is 11.5 Å². The summed E-state index contributed by atoms with van der Waals surface area (Å²) in [6.45, 7) is 4.98. The van der Waals surface area contributed by atoms with Gasteiger partial charge in [-0.3, -0.25) is 9.69 Å². The Balaban J connectivity index is 1.40. The Labute approximate surface area is 221 Å². The molecule has 190 valence electrons. The highest BCUT2D eigenvalue weighted by Gasteiger charge is 2.32. The van der Waals surface area contributed by atoms with Crippen LogP contribution >= 0.6 is 11.9 Å². The Morgan fingerprint density at radius 3 is 2.49 bits per heavy atom. The molecular formula is C29H30N4O3S. The SMILES string of the molecule is Cc1cccc(NC(=O)C2=C(OC(=O)c3ccc(CN4CCCCC4)cc3)c3ccccc3SN2C)n1. The molecule has 0 bridgehead atoms. The minimum atomic E-state index is -0.506. The van der Waals surface area contributed by atoms with Crippen LogP contribution in [0.25, 0.3) is 5.76 Å². The third-order valence-electron chi connectivity index (χ3n) is 6.48. The van der Waals surface area contributed by atoms with Crippen molar-refractivity contribution in [2.75, 3.05) is 25.5 Å². The van der Waals surface area contributed by atoms with Crippen LogP contribution in [0.2, 0.25) is 0 Å². The number of aromatic nitrogens is 1. The topological polar surface area (TPSA) is 74.8 Å². The number of fused-ring (bicyclic) bond motifs is 1. The standard InChI is InChI=1S/C29H30N4O3S/c1-20-9-8-12-25(30-20)31-28(34)26-27(23-10-4-5-11-24(23)37-32(26)2)36-29(35)22-15-13-21(14-16-22)19-33-17-6-3-7-18-33/h4-5,8-16H,3,6-7,17-19H2,1-2H3,(H,30,31,34). The van der Waals surface area contributed by atoms with E-state index >= 15 is 0 Å². The molecule has 0 unspecified atom stereocenters. The fourth-order valence-corrected chi connectivity index (χ4v) is 5.56. The van der Waals surface area contributed by atoms with Crippen LogP contribution in [-0.2, 0) is 16.1 Å². The number of anilines is 1. The van der Waals surface area contributed by atoms with E-state index in [2.05, 4.69) is 15.2 Å². The molecule has 37 heavy (non-hydrogen) atoms. The number of nitrogens with one attached hydrogen (secondary N) is 1. The largest absolute Gasteiger partial charge is 0.420 e. The number of likely N-dealkylation sites (N-methyl/N-ethyl adjacent to an activating group) is 1. The second kappa shape index (κ2) is 11.2. The number of esters is 1. The van der Waals surface area contributed by atoms with Crippen molar-refractivity contribution in [1.29, 1.82) is 0 Å². The van der Waals surface area contributed by atoms with Crippen LogP contribution in [0.15, 0.2) is 77.3 Å². The molecule has 2 aromatic carbocycles. The molecule has 0 saturated carbocycles. The number of ether oxygens (including phenoxy) is 1. The monoisotopic (exact) mass is 514 g/mol. The first kappa shape index (κ1) is 25.0. The summed E-state index contributed by atoms with van der Waals surface area (Å²) in [4.78, 5) is 34.4. The number of hydrogen-bond acceptors (Lipinski definition) is 7. The highest BCUT2D eigenvalue weighted by atomic mass is 32.2. The number of amides is 1. The minimum Gasteiger partial charge on any atom is -0.420 e. The molecule has 1 amide bonds. The molecule has 8 heteroatoms. The molecule has 7 nitrogen and oxygen atoms in total. The number of rotatable bonds is 6. The second-order valence-corrected chi connectivity index (χ2v) is 10.5. The van der Waals surface area contributed by atoms with Gasteiger partial charge >= 0.3 is 5.97 Å². The van der Waals surface area contributed by atoms with E-state index in [0.29, 0.717) is 16.9 Å². The van der Waals surface area contributed by atoms with E-state index in [9.17, 15) is 9.59 Å². The Morgan fingerprint density at radius 1 is 0.973 bits per heavy atom. The zero-order valence-corrected chi connectivity index (χ0v) is 21.9. The Bertz CT molecular complexity index is 1330. The number of carbonyl (C=O) groups excluding carboxylic acids is 2. The molecule has 5 rings (SSSR count). The third kappa shape index (κ3) is 5.87. The molecule has 3 aromatic rings. The molecule has 2 aliphatic heterocycles. The summed E-state index contributed by atoms with van der Waals surface area (Å²) in [6, 6.07) is 20.6. The average molecular weight is 515 g/mol. The predicted molar refractivity (Wildman–Crippen MR) is 146 cm³/mol. The maximum Gasteiger partial charge on any atom is 0.343 e. The molecule has 0 atom stereocenters. The van der Waals surface area contributed by atoms with E-state index in [-0.39, 0.29) is 11.5 Å². The third-order valence-corrected chi connectivity index (χ3v) is 7.49. The molecule has 2 aliphatic rings. The maximum atomic E-state index is 13.4. The van der Waals surface area contributed by atoms with Crippen LogP contribution in [0.4, 0.5) is 5.82 Å². The van der Waals surface area contributed by atoms with Crippen molar-refractivity contribution in [1.82, 2.24) is 14.2 Å². The number of hydrogen-bond donors (Lipinski definition) is 1. The number of piperidine rings is 1. The first-order valence-electron chi connectivity index (χ1n) is 12.5. The van der Waals surface area contributed by atoms with Gasteiger partial charge in [0.25, 0.3) is 5.91 Å². The average Bonchev–Trinajstić information content (AvgIpc) is 2.89. The Kier molecular flexibility index (Phi) is 7.58. The van der Waals surface area contributed by atoms with Gasteiger partial charge in [-0.25, -0.2) is 9.78 Å². The lowest BCUT2D eigenvalue weighted by Gasteiger charge is -2.29. The van der Waals surface area contributed by atoms with E-state index in [1.54, 1.807) is 29.6 Å². The van der Waals surface area contributed by atoms with Crippen molar-refractivity contribution >= 4 is 35.4 Å². The Hall–Kier alpha value is -3.62. The van der Waals surface area contributed by atoms with Crippen LogP contribution in [0.1, 0.15) is 46.4 Å². The van der Waals surface area contributed by atoms with E-state index in [1.165, 1.54) is 36.8 Å². The molecule has 0 aliphatic carbocycles. The quantitative estimate of drug-likeness (QED) is 0.344. The fraction of sp³-hybridized carbons (Fsp3) is 0.276. The molecule has 3 heterocycles.